The molecule has 0 saturated heterocycles. The van der Waals surface area contributed by atoms with Gasteiger partial charge in [0.25, 0.3) is 0 Å². The van der Waals surface area contributed by atoms with E-state index in [0.717, 1.165) is 0 Å². The van der Waals surface area contributed by atoms with Crippen molar-refractivity contribution in [2.45, 2.75) is 63.8 Å². The lowest BCUT2D eigenvalue weighted by molar-refractivity contribution is -0.151. The molecule has 0 heterocycles. The number of hydrogen-bond donors (Lipinski definition) is 0. The predicted octanol–water partition coefficient (Wildman–Crippen LogP) is 4.07. The average Bonchev–Trinajstić information content (AvgIpc) is 2.11. The van der Waals surface area contributed by atoms with Crippen molar-refractivity contribution in [1.82, 2.24) is 0 Å². The summed E-state index contributed by atoms with van der Waals surface area (Å²) in [6.45, 7) is 3.72. The van der Waals surface area contributed by atoms with Crippen LogP contribution in [0, 0.1) is 0 Å². The van der Waals surface area contributed by atoms with E-state index in [-0.39, 0.29) is 62.3 Å². The predicted molar refractivity (Wildman–Crippen MR) is 76.2 cm³/mol. The van der Waals surface area contributed by atoms with Crippen LogP contribution in [0.5, 0.6) is 0 Å². The third kappa shape index (κ3) is 25.3. The van der Waals surface area contributed by atoms with E-state index in [9.17, 15) is 9.59 Å². The fourth-order valence-corrected chi connectivity index (χ4v) is 0.515. The Morgan fingerprint density at radius 1 is 0.706 bits per heavy atom. The van der Waals surface area contributed by atoms with Crippen molar-refractivity contribution in [3.63, 3.8) is 0 Å². The fourth-order valence-electron chi connectivity index (χ4n) is 0.515. The van der Waals surface area contributed by atoms with Gasteiger partial charge in [0.15, 0.2) is 0 Å². The summed E-state index contributed by atoms with van der Waals surface area (Å²) >= 11 is 0. The van der Waals surface area contributed by atoms with E-state index in [1.165, 1.54) is 0 Å². The molecule has 0 rings (SSSR count). The van der Waals surface area contributed by atoms with Crippen molar-refractivity contribution in [3.05, 3.63) is 0 Å². The molecule has 0 amide bonds. The molecular formula is C13H34O4. The quantitative estimate of drug-likeness (QED) is 0.548. The van der Waals surface area contributed by atoms with Crippen LogP contribution < -0.4 is 0 Å². The Morgan fingerprint density at radius 3 is 1.12 bits per heavy atom. The molecule has 0 bridgehead atoms. The molecule has 110 valence electrons. The van der Waals surface area contributed by atoms with Crippen LogP contribution in [-0.2, 0) is 19.1 Å². The van der Waals surface area contributed by atoms with Gasteiger partial charge in [0.2, 0.25) is 0 Å². The van der Waals surface area contributed by atoms with Gasteiger partial charge >= 0.3 is 11.9 Å². The highest BCUT2D eigenvalue weighted by Crippen LogP contribution is 1.87. The van der Waals surface area contributed by atoms with E-state index in [4.69, 9.17) is 0 Å². The van der Waals surface area contributed by atoms with Crippen LogP contribution in [0.4, 0.5) is 0 Å². The second-order valence-electron chi connectivity index (χ2n) is 2.15. The minimum absolute atomic E-state index is 0. The van der Waals surface area contributed by atoms with Crippen molar-refractivity contribution in [1.29, 1.82) is 0 Å². The Morgan fingerprint density at radius 2 is 0.941 bits per heavy atom. The highest BCUT2D eigenvalue weighted by atomic mass is 16.6. The standard InChI is InChI=1S/C8H14O4.5CH4/c1-3-7(9)11-5-6-12-8(10)4-2;;;;;/h3-6H2,1-2H3;5*1H4. The summed E-state index contributed by atoms with van der Waals surface area (Å²) < 4.78 is 9.34. The SMILES string of the molecule is C.C.C.C.C.CCC(=O)OCCOC(=O)CC. The molecule has 0 aromatic rings. The lowest BCUT2D eigenvalue weighted by atomic mass is 10.5. The van der Waals surface area contributed by atoms with Crippen LogP contribution in [0.1, 0.15) is 63.8 Å². The lowest BCUT2D eigenvalue weighted by Gasteiger charge is -2.03. The van der Waals surface area contributed by atoms with E-state index in [1.54, 1.807) is 13.8 Å². The number of esters is 2. The van der Waals surface area contributed by atoms with Gasteiger partial charge in [0, 0.05) is 12.8 Å². The van der Waals surface area contributed by atoms with Crippen molar-refractivity contribution in [2.24, 2.45) is 0 Å². The van der Waals surface area contributed by atoms with Crippen molar-refractivity contribution < 1.29 is 19.1 Å². The van der Waals surface area contributed by atoms with Gasteiger partial charge in [0.1, 0.15) is 13.2 Å². The molecule has 0 aliphatic rings. The van der Waals surface area contributed by atoms with Gasteiger partial charge < -0.3 is 9.47 Å². The summed E-state index contributed by atoms with van der Waals surface area (Å²) in [7, 11) is 0. The van der Waals surface area contributed by atoms with E-state index in [2.05, 4.69) is 9.47 Å². The molecule has 4 heteroatoms. The monoisotopic (exact) mass is 254 g/mol. The molecule has 0 saturated carbocycles. The second kappa shape index (κ2) is 24.3. The zero-order valence-corrected chi connectivity index (χ0v) is 7.46. The van der Waals surface area contributed by atoms with Gasteiger partial charge in [-0.1, -0.05) is 51.0 Å². The Hall–Kier alpha value is -1.06. The number of rotatable bonds is 5. The summed E-state index contributed by atoms with van der Waals surface area (Å²) in [6, 6.07) is 0. The Kier molecular flexibility index (Phi) is 51.4. The summed E-state index contributed by atoms with van der Waals surface area (Å²) in [6.07, 6.45) is 0.698. The van der Waals surface area contributed by atoms with Crippen LogP contribution in [-0.4, -0.2) is 25.2 Å². The normalized spacial score (nSPS) is 6.47. The Balaban J connectivity index is -0.0000000605. The van der Waals surface area contributed by atoms with Gasteiger partial charge in [-0.2, -0.15) is 0 Å². The molecule has 0 atom stereocenters. The van der Waals surface area contributed by atoms with Gasteiger partial charge in [-0.15, -0.1) is 0 Å². The molecule has 0 spiro atoms. The first-order chi connectivity index (χ1) is 5.70. The summed E-state index contributed by atoms with van der Waals surface area (Å²) in [5.41, 5.74) is 0. The zero-order chi connectivity index (χ0) is 9.40. The molecule has 0 radical (unpaired) electrons. The topological polar surface area (TPSA) is 52.6 Å². The van der Waals surface area contributed by atoms with Crippen LogP contribution in [0.2, 0.25) is 0 Å². The van der Waals surface area contributed by atoms with E-state index in [0.29, 0.717) is 12.8 Å². The largest absolute Gasteiger partial charge is 0.462 e. The molecular weight excluding hydrogens is 220 g/mol. The van der Waals surface area contributed by atoms with Crippen LogP contribution >= 0.6 is 0 Å². The van der Waals surface area contributed by atoms with Crippen molar-refractivity contribution in [3.8, 4) is 0 Å². The van der Waals surface area contributed by atoms with Gasteiger partial charge in [0.05, 0.1) is 0 Å². The van der Waals surface area contributed by atoms with Gasteiger partial charge in [-0.25, -0.2) is 0 Å². The summed E-state index contributed by atoms with van der Waals surface area (Å²) in [4.78, 5) is 21.1. The van der Waals surface area contributed by atoms with Gasteiger partial charge in [-0.05, 0) is 0 Å². The summed E-state index contributed by atoms with van der Waals surface area (Å²) in [5.74, 6) is -0.551. The molecule has 0 aromatic heterocycles. The number of carbonyl (C=O) groups excluding carboxylic acids is 2. The van der Waals surface area contributed by atoms with Crippen molar-refractivity contribution in [2.75, 3.05) is 13.2 Å². The molecule has 0 fully saturated rings. The average molecular weight is 254 g/mol. The first kappa shape index (κ1) is 36.0. The minimum Gasteiger partial charge on any atom is -0.462 e. The number of hydrogen-bond acceptors (Lipinski definition) is 4. The van der Waals surface area contributed by atoms with Crippen molar-refractivity contribution >= 4 is 11.9 Å². The smallest absolute Gasteiger partial charge is 0.305 e. The highest BCUT2D eigenvalue weighted by molar-refractivity contribution is 5.69. The molecule has 0 unspecified atom stereocenters. The molecule has 17 heavy (non-hydrogen) atoms. The maximum atomic E-state index is 10.6. The first-order valence-electron chi connectivity index (χ1n) is 4.02. The van der Waals surface area contributed by atoms with Gasteiger partial charge in [-0.3, -0.25) is 9.59 Å². The van der Waals surface area contributed by atoms with E-state index < -0.39 is 0 Å². The highest BCUT2D eigenvalue weighted by Gasteiger charge is 2.00. The molecule has 0 aliphatic carbocycles. The lowest BCUT2D eigenvalue weighted by Crippen LogP contribution is -2.12. The van der Waals surface area contributed by atoms with Crippen LogP contribution in [0.25, 0.3) is 0 Å². The zero-order valence-electron chi connectivity index (χ0n) is 7.46. The second-order valence-corrected chi connectivity index (χ2v) is 2.15. The third-order valence-electron chi connectivity index (χ3n) is 1.19. The van der Waals surface area contributed by atoms with Crippen LogP contribution in [0.3, 0.4) is 0 Å². The first-order valence-corrected chi connectivity index (χ1v) is 4.02. The fraction of sp³-hybridized carbons (Fsp3) is 0.846. The number of ether oxygens (including phenoxy) is 2. The molecule has 0 N–H and O–H groups in total. The van der Waals surface area contributed by atoms with E-state index >= 15 is 0 Å². The Labute approximate surface area is 109 Å². The van der Waals surface area contributed by atoms with E-state index in [1.807, 2.05) is 0 Å². The number of carbonyl (C=O) groups is 2. The minimum atomic E-state index is -0.275. The third-order valence-corrected chi connectivity index (χ3v) is 1.19. The molecule has 0 aliphatic heterocycles. The maximum absolute atomic E-state index is 10.6. The maximum Gasteiger partial charge on any atom is 0.305 e. The molecule has 0 aromatic carbocycles. The molecule has 4 nitrogen and oxygen atoms in total. The summed E-state index contributed by atoms with van der Waals surface area (Å²) in [5, 5.41) is 0. The Bertz CT molecular complexity index is 137. The van der Waals surface area contributed by atoms with Crippen LogP contribution in [0.15, 0.2) is 0 Å².